The monoisotopic (exact) mass is 322 g/mol. The van der Waals surface area contributed by atoms with Gasteiger partial charge in [0.2, 0.25) is 5.69 Å². The number of nitro groups is 1. The van der Waals surface area contributed by atoms with Crippen molar-refractivity contribution in [3.63, 3.8) is 0 Å². The van der Waals surface area contributed by atoms with E-state index in [0.717, 1.165) is 25.2 Å². The molecule has 1 aromatic rings. The van der Waals surface area contributed by atoms with Crippen molar-refractivity contribution in [2.24, 2.45) is 11.8 Å². The number of hydrogen-bond acceptors (Lipinski definition) is 4. The molecule has 2 rings (SSSR count). The average molecular weight is 322 g/mol. The minimum atomic E-state index is -0.502. The molecule has 1 aliphatic carbocycles. The molecule has 7 heteroatoms. The van der Waals surface area contributed by atoms with Gasteiger partial charge >= 0.3 is 5.69 Å². The number of aromatic nitrogens is 2. The molecule has 23 heavy (non-hydrogen) atoms. The molecule has 0 spiro atoms. The Morgan fingerprint density at radius 2 is 2.04 bits per heavy atom. The number of nitrogens with zero attached hydrogens (tertiary/aromatic N) is 3. The fraction of sp³-hybridized carbons (Fsp3) is 0.750. The van der Waals surface area contributed by atoms with Gasteiger partial charge in [0.05, 0.1) is 4.92 Å². The lowest BCUT2D eigenvalue weighted by atomic mass is 9.83. The van der Waals surface area contributed by atoms with Gasteiger partial charge in [0.25, 0.3) is 5.91 Å². The molecule has 1 aliphatic rings. The number of H-pyrrole nitrogens is 1. The third-order valence-corrected chi connectivity index (χ3v) is 4.71. The summed E-state index contributed by atoms with van der Waals surface area (Å²) in [4.78, 5) is 25.0. The highest BCUT2D eigenvalue weighted by Crippen LogP contribution is 2.29. The number of carbonyl (C=O) groups excluding carboxylic acids is 1. The smallest absolute Gasteiger partial charge is 0.322 e. The van der Waals surface area contributed by atoms with Gasteiger partial charge in [-0.2, -0.15) is 5.10 Å². The van der Waals surface area contributed by atoms with E-state index in [4.69, 9.17) is 0 Å². The summed E-state index contributed by atoms with van der Waals surface area (Å²) in [5.74, 6) is 0.874. The zero-order valence-corrected chi connectivity index (χ0v) is 14.2. The molecular formula is C16H26N4O3. The van der Waals surface area contributed by atoms with Crippen molar-refractivity contribution < 1.29 is 9.72 Å². The van der Waals surface area contributed by atoms with Crippen molar-refractivity contribution in [3.8, 4) is 0 Å². The fourth-order valence-electron chi connectivity index (χ4n) is 3.30. The van der Waals surface area contributed by atoms with E-state index in [1.165, 1.54) is 12.8 Å². The Bertz CT molecular complexity index is 562. The largest absolute Gasteiger partial charge is 0.340 e. The Kier molecular flexibility index (Phi) is 5.74. The van der Waals surface area contributed by atoms with Gasteiger partial charge in [-0.15, -0.1) is 0 Å². The van der Waals surface area contributed by atoms with Crippen LogP contribution in [-0.2, 0) is 6.42 Å². The van der Waals surface area contributed by atoms with Crippen LogP contribution in [0.1, 0.15) is 62.1 Å². The molecule has 0 atom stereocenters. The van der Waals surface area contributed by atoms with E-state index in [2.05, 4.69) is 17.1 Å². The van der Waals surface area contributed by atoms with Crippen molar-refractivity contribution in [3.05, 3.63) is 21.5 Å². The minimum absolute atomic E-state index is 0.0647. The highest BCUT2D eigenvalue weighted by Gasteiger charge is 2.31. The fourth-order valence-corrected chi connectivity index (χ4v) is 3.30. The molecule has 128 valence electrons. The van der Waals surface area contributed by atoms with E-state index in [1.54, 1.807) is 11.9 Å². The van der Waals surface area contributed by atoms with Gasteiger partial charge < -0.3 is 4.90 Å². The number of aromatic amines is 1. The quantitative estimate of drug-likeness (QED) is 0.643. The van der Waals surface area contributed by atoms with Gasteiger partial charge in [0.1, 0.15) is 5.69 Å². The second-order valence-electron chi connectivity index (χ2n) is 6.72. The van der Waals surface area contributed by atoms with E-state index in [9.17, 15) is 14.9 Å². The number of aryl methyl sites for hydroxylation is 1. The summed E-state index contributed by atoms with van der Waals surface area (Å²) in [6, 6.07) is 0. The zero-order chi connectivity index (χ0) is 17.0. The van der Waals surface area contributed by atoms with Gasteiger partial charge in [0.15, 0.2) is 0 Å². The highest BCUT2D eigenvalue weighted by molar-refractivity contribution is 5.96. The summed E-state index contributed by atoms with van der Waals surface area (Å²) in [6.07, 6.45) is 5.88. The second kappa shape index (κ2) is 7.57. The van der Waals surface area contributed by atoms with E-state index >= 15 is 0 Å². The maximum atomic E-state index is 12.6. The van der Waals surface area contributed by atoms with Crippen LogP contribution in [-0.4, -0.2) is 39.5 Å². The van der Waals surface area contributed by atoms with Crippen molar-refractivity contribution in [2.45, 2.75) is 52.4 Å². The first kappa shape index (κ1) is 17.4. The van der Waals surface area contributed by atoms with Gasteiger partial charge in [-0.05, 0) is 31.1 Å². The standard InChI is InChI=1S/C16H26N4O3/c1-4-5-13-15(20(22)23)14(18-17-13)16(21)19(3)10-12-8-6-11(2)7-9-12/h11-12H,4-10H2,1-3H3,(H,17,18). The van der Waals surface area contributed by atoms with Crippen LogP contribution in [0.3, 0.4) is 0 Å². The third-order valence-electron chi connectivity index (χ3n) is 4.71. The summed E-state index contributed by atoms with van der Waals surface area (Å²) in [5.41, 5.74) is 0.201. The maximum absolute atomic E-state index is 12.6. The molecule has 0 radical (unpaired) electrons. The predicted molar refractivity (Wildman–Crippen MR) is 87.3 cm³/mol. The van der Waals surface area contributed by atoms with E-state index in [-0.39, 0.29) is 17.3 Å². The molecule has 1 saturated carbocycles. The molecule has 1 N–H and O–H groups in total. The number of carbonyl (C=O) groups is 1. The minimum Gasteiger partial charge on any atom is -0.340 e. The van der Waals surface area contributed by atoms with Crippen LogP contribution in [0.2, 0.25) is 0 Å². The molecule has 1 aromatic heterocycles. The Morgan fingerprint density at radius 1 is 1.39 bits per heavy atom. The lowest BCUT2D eigenvalue weighted by Gasteiger charge is -2.29. The van der Waals surface area contributed by atoms with E-state index in [0.29, 0.717) is 24.6 Å². The Hall–Kier alpha value is -1.92. The predicted octanol–water partition coefficient (Wildman–Crippen LogP) is 3.17. The van der Waals surface area contributed by atoms with Crippen LogP contribution in [0, 0.1) is 22.0 Å². The Morgan fingerprint density at radius 3 is 2.61 bits per heavy atom. The van der Waals surface area contributed by atoms with Crippen LogP contribution >= 0.6 is 0 Å². The summed E-state index contributed by atoms with van der Waals surface area (Å²) < 4.78 is 0. The molecule has 1 fully saturated rings. The summed E-state index contributed by atoms with van der Waals surface area (Å²) in [6.45, 7) is 4.83. The molecule has 1 heterocycles. The number of amides is 1. The topological polar surface area (TPSA) is 92.1 Å². The molecule has 0 unspecified atom stereocenters. The average Bonchev–Trinajstić information content (AvgIpc) is 2.93. The second-order valence-corrected chi connectivity index (χ2v) is 6.72. The van der Waals surface area contributed by atoms with Crippen LogP contribution in [0.25, 0.3) is 0 Å². The maximum Gasteiger partial charge on any atom is 0.322 e. The van der Waals surface area contributed by atoms with Crippen LogP contribution in [0.5, 0.6) is 0 Å². The molecule has 0 bridgehead atoms. The number of nitrogens with one attached hydrogen (secondary N) is 1. The number of hydrogen-bond donors (Lipinski definition) is 1. The Labute approximate surface area is 136 Å². The van der Waals surface area contributed by atoms with E-state index in [1.807, 2.05) is 6.92 Å². The third kappa shape index (κ3) is 4.09. The summed E-state index contributed by atoms with van der Waals surface area (Å²) in [7, 11) is 1.71. The first-order valence-corrected chi connectivity index (χ1v) is 8.41. The normalized spacial score (nSPS) is 21.2. The molecule has 0 aromatic carbocycles. The lowest BCUT2D eigenvalue weighted by Crippen LogP contribution is -2.33. The Balaban J connectivity index is 2.08. The van der Waals surface area contributed by atoms with Crippen LogP contribution in [0.4, 0.5) is 5.69 Å². The van der Waals surface area contributed by atoms with Crippen LogP contribution in [0.15, 0.2) is 0 Å². The molecule has 7 nitrogen and oxygen atoms in total. The molecular weight excluding hydrogens is 296 g/mol. The van der Waals surface area contributed by atoms with Crippen molar-refractivity contribution in [1.29, 1.82) is 0 Å². The lowest BCUT2D eigenvalue weighted by molar-refractivity contribution is -0.385. The van der Waals surface area contributed by atoms with Gasteiger partial charge in [0, 0.05) is 13.6 Å². The molecule has 0 saturated heterocycles. The van der Waals surface area contributed by atoms with Crippen molar-refractivity contribution >= 4 is 11.6 Å². The van der Waals surface area contributed by atoms with Crippen molar-refractivity contribution in [2.75, 3.05) is 13.6 Å². The van der Waals surface area contributed by atoms with Crippen LogP contribution < -0.4 is 0 Å². The highest BCUT2D eigenvalue weighted by atomic mass is 16.6. The zero-order valence-electron chi connectivity index (χ0n) is 14.2. The van der Waals surface area contributed by atoms with Gasteiger partial charge in [-0.25, -0.2) is 0 Å². The van der Waals surface area contributed by atoms with Crippen molar-refractivity contribution in [1.82, 2.24) is 15.1 Å². The summed E-state index contributed by atoms with van der Waals surface area (Å²) >= 11 is 0. The SMILES string of the molecule is CCCc1[nH]nc(C(=O)N(C)CC2CCC(C)CC2)c1[N+](=O)[O-]. The first-order valence-electron chi connectivity index (χ1n) is 8.41. The molecule has 0 aliphatic heterocycles. The molecule has 1 amide bonds. The summed E-state index contributed by atoms with van der Waals surface area (Å²) in [5, 5.41) is 17.9. The van der Waals surface area contributed by atoms with Gasteiger partial charge in [-0.1, -0.05) is 33.1 Å². The first-order chi connectivity index (χ1) is 10.9. The van der Waals surface area contributed by atoms with E-state index < -0.39 is 4.92 Å². The van der Waals surface area contributed by atoms with Gasteiger partial charge in [-0.3, -0.25) is 20.0 Å². The number of rotatable bonds is 6.